The van der Waals surface area contributed by atoms with Gasteiger partial charge in [0.2, 0.25) is 5.91 Å². The third-order valence-electron chi connectivity index (χ3n) is 11.3. The molecule has 9 N–H and O–H groups in total. The van der Waals surface area contributed by atoms with E-state index in [1.165, 1.54) is 64.2 Å². The van der Waals surface area contributed by atoms with Crippen molar-refractivity contribution >= 4 is 5.91 Å². The molecule has 14 nitrogen and oxygen atoms in total. The lowest BCUT2D eigenvalue weighted by atomic mass is 9.97. The number of hydrogen-bond acceptors (Lipinski definition) is 13. The standard InChI is InChI=1S/C46H83NO13/c1-3-5-7-9-11-13-15-16-17-18-20-22-24-26-28-30-38(51)47-34(35(50)29-27-25-23-21-19-14-12-10-8-6-4-2)33-57-45-43(56)41(54)44(37(32-49)59-45)60-46-42(55)40(53)39(52)36(31-48)58-46/h11,13,16-17,27,29,34-37,39-46,48-50,52-56H,3-10,12,14-15,18-26,28,30-33H2,1-2H3,(H,47,51)/b13-11-,17-16-,29-27+. The van der Waals surface area contributed by atoms with E-state index in [2.05, 4.69) is 43.5 Å². The van der Waals surface area contributed by atoms with Gasteiger partial charge in [0.05, 0.1) is 32.0 Å². The normalized spacial score (nSPS) is 28.6. The second-order valence-corrected chi connectivity index (χ2v) is 16.5. The number of allylic oxidation sites excluding steroid dienone is 5. The molecule has 60 heavy (non-hydrogen) atoms. The number of rotatable bonds is 34. The summed E-state index contributed by atoms with van der Waals surface area (Å²) in [6, 6.07) is -0.918. The maximum absolute atomic E-state index is 13.1. The van der Waals surface area contributed by atoms with Crippen LogP contribution in [0, 0.1) is 0 Å². The van der Waals surface area contributed by atoms with Gasteiger partial charge < -0.3 is 65.1 Å². The summed E-state index contributed by atoms with van der Waals surface area (Å²) in [4.78, 5) is 13.1. The Labute approximate surface area is 360 Å². The minimum atomic E-state index is -1.79. The molecule has 14 heteroatoms. The average molecular weight is 858 g/mol. The summed E-state index contributed by atoms with van der Waals surface area (Å²) in [5.74, 6) is -0.257. The summed E-state index contributed by atoms with van der Waals surface area (Å²) in [5.41, 5.74) is 0. The smallest absolute Gasteiger partial charge is 0.220 e. The fourth-order valence-corrected chi connectivity index (χ4v) is 7.44. The zero-order chi connectivity index (χ0) is 44.0. The van der Waals surface area contributed by atoms with Gasteiger partial charge in [-0.3, -0.25) is 4.79 Å². The van der Waals surface area contributed by atoms with E-state index < -0.39 is 86.8 Å². The Kier molecular flexibility index (Phi) is 30.5. The van der Waals surface area contributed by atoms with Crippen molar-refractivity contribution in [2.24, 2.45) is 0 Å². The third-order valence-corrected chi connectivity index (χ3v) is 11.3. The van der Waals surface area contributed by atoms with E-state index in [1.54, 1.807) is 6.08 Å². The van der Waals surface area contributed by atoms with Crippen LogP contribution in [0.3, 0.4) is 0 Å². The van der Waals surface area contributed by atoms with Crippen molar-refractivity contribution < 1.29 is 64.6 Å². The highest BCUT2D eigenvalue weighted by atomic mass is 16.7. The van der Waals surface area contributed by atoms with Crippen molar-refractivity contribution in [1.82, 2.24) is 5.32 Å². The number of nitrogens with one attached hydrogen (secondary N) is 1. The molecule has 2 fully saturated rings. The molecule has 0 radical (unpaired) electrons. The Balaban J connectivity index is 1.90. The highest BCUT2D eigenvalue weighted by molar-refractivity contribution is 5.76. The van der Waals surface area contributed by atoms with Gasteiger partial charge in [-0.25, -0.2) is 0 Å². The largest absolute Gasteiger partial charge is 0.394 e. The highest BCUT2D eigenvalue weighted by Gasteiger charge is 2.50. The van der Waals surface area contributed by atoms with Crippen LogP contribution in [0.2, 0.25) is 0 Å². The summed E-state index contributed by atoms with van der Waals surface area (Å²) >= 11 is 0. The first kappa shape index (κ1) is 54.3. The fourth-order valence-electron chi connectivity index (χ4n) is 7.44. The Hall–Kier alpha value is -1.79. The molecule has 2 aliphatic heterocycles. The lowest BCUT2D eigenvalue weighted by molar-refractivity contribution is -0.359. The second-order valence-electron chi connectivity index (χ2n) is 16.5. The predicted molar refractivity (Wildman–Crippen MR) is 231 cm³/mol. The van der Waals surface area contributed by atoms with Crippen molar-refractivity contribution in [3.63, 3.8) is 0 Å². The molecular weight excluding hydrogens is 774 g/mol. The van der Waals surface area contributed by atoms with Gasteiger partial charge in [-0.05, 0) is 51.4 Å². The minimum absolute atomic E-state index is 0.257. The summed E-state index contributed by atoms with van der Waals surface area (Å²) in [6.45, 7) is 2.70. The van der Waals surface area contributed by atoms with E-state index in [9.17, 15) is 45.6 Å². The maximum Gasteiger partial charge on any atom is 0.220 e. The summed E-state index contributed by atoms with van der Waals surface area (Å²) in [7, 11) is 0. The molecule has 1 amide bonds. The van der Waals surface area contributed by atoms with Crippen LogP contribution < -0.4 is 5.32 Å². The molecule has 2 saturated heterocycles. The maximum atomic E-state index is 13.1. The van der Waals surface area contributed by atoms with Crippen LogP contribution in [-0.2, 0) is 23.7 Å². The Morgan fingerprint density at radius 3 is 1.70 bits per heavy atom. The molecule has 12 atom stereocenters. The van der Waals surface area contributed by atoms with Crippen LogP contribution in [0.5, 0.6) is 0 Å². The molecule has 12 unspecified atom stereocenters. The van der Waals surface area contributed by atoms with E-state index in [4.69, 9.17) is 18.9 Å². The van der Waals surface area contributed by atoms with Crippen molar-refractivity contribution in [3.8, 4) is 0 Å². The van der Waals surface area contributed by atoms with Crippen LogP contribution in [0.15, 0.2) is 36.5 Å². The van der Waals surface area contributed by atoms with Gasteiger partial charge in [-0.15, -0.1) is 0 Å². The van der Waals surface area contributed by atoms with Gasteiger partial charge in [-0.2, -0.15) is 0 Å². The molecule has 350 valence electrons. The molecule has 0 saturated carbocycles. The number of carbonyl (C=O) groups excluding carboxylic acids is 1. The van der Waals surface area contributed by atoms with Crippen molar-refractivity contribution in [2.45, 2.75) is 229 Å². The van der Waals surface area contributed by atoms with E-state index in [0.717, 1.165) is 64.2 Å². The molecule has 2 heterocycles. The first-order chi connectivity index (χ1) is 29.1. The molecule has 0 aromatic carbocycles. The highest BCUT2D eigenvalue weighted by Crippen LogP contribution is 2.30. The van der Waals surface area contributed by atoms with E-state index in [-0.39, 0.29) is 18.9 Å². The number of aliphatic hydroxyl groups excluding tert-OH is 8. The van der Waals surface area contributed by atoms with Gasteiger partial charge in [0, 0.05) is 6.42 Å². The van der Waals surface area contributed by atoms with Crippen molar-refractivity contribution in [2.75, 3.05) is 19.8 Å². The molecule has 2 rings (SSSR count). The predicted octanol–water partition coefficient (Wildman–Crippen LogP) is 4.76. The van der Waals surface area contributed by atoms with E-state index in [1.807, 2.05) is 6.08 Å². The average Bonchev–Trinajstić information content (AvgIpc) is 3.24. The quantitative estimate of drug-likeness (QED) is 0.0315. The molecular formula is C46H83NO13. The van der Waals surface area contributed by atoms with Crippen molar-refractivity contribution in [1.29, 1.82) is 0 Å². The topological polar surface area (TPSA) is 228 Å². The number of unbranched alkanes of at least 4 members (excludes halogenated alkanes) is 17. The van der Waals surface area contributed by atoms with Gasteiger partial charge in [0.15, 0.2) is 12.6 Å². The van der Waals surface area contributed by atoms with Crippen LogP contribution in [0.25, 0.3) is 0 Å². The lowest BCUT2D eigenvalue weighted by Crippen LogP contribution is -2.65. The van der Waals surface area contributed by atoms with E-state index >= 15 is 0 Å². The fraction of sp³-hybridized carbons (Fsp3) is 0.848. The number of aliphatic hydroxyl groups is 8. The van der Waals surface area contributed by atoms with Crippen LogP contribution in [0.4, 0.5) is 0 Å². The van der Waals surface area contributed by atoms with Gasteiger partial charge in [0.1, 0.15) is 48.8 Å². The summed E-state index contributed by atoms with van der Waals surface area (Å²) in [6.07, 6.45) is 19.0. The number of hydrogen-bond donors (Lipinski definition) is 9. The molecule has 0 bridgehead atoms. The Morgan fingerprint density at radius 1 is 0.600 bits per heavy atom. The number of carbonyl (C=O) groups is 1. The lowest BCUT2D eigenvalue weighted by Gasteiger charge is -2.46. The Bertz CT molecular complexity index is 1150. The van der Waals surface area contributed by atoms with Crippen LogP contribution in [0.1, 0.15) is 155 Å². The number of ether oxygens (including phenoxy) is 4. The van der Waals surface area contributed by atoms with Gasteiger partial charge >= 0.3 is 0 Å². The van der Waals surface area contributed by atoms with Gasteiger partial charge in [0.25, 0.3) is 0 Å². The van der Waals surface area contributed by atoms with Crippen LogP contribution >= 0.6 is 0 Å². The summed E-state index contributed by atoms with van der Waals surface area (Å²) < 4.78 is 22.6. The summed E-state index contributed by atoms with van der Waals surface area (Å²) in [5, 5.41) is 86.4. The first-order valence-electron chi connectivity index (χ1n) is 23.2. The zero-order valence-electron chi connectivity index (χ0n) is 36.7. The molecule has 0 spiro atoms. The first-order valence-corrected chi connectivity index (χ1v) is 23.2. The monoisotopic (exact) mass is 858 g/mol. The van der Waals surface area contributed by atoms with Crippen LogP contribution in [-0.4, -0.2) is 140 Å². The molecule has 2 aliphatic rings. The van der Waals surface area contributed by atoms with Gasteiger partial charge in [-0.1, -0.05) is 134 Å². The Morgan fingerprint density at radius 2 is 1.10 bits per heavy atom. The SMILES string of the molecule is CCCCC/C=C\C/C=C\CCCCCCCC(=O)NC(COC1OC(CO)C(OC2OC(CO)C(O)C(O)C2O)C(O)C1O)C(O)/C=C/CCCCCCCCCCC. The zero-order valence-corrected chi connectivity index (χ0v) is 36.7. The molecule has 0 aromatic heterocycles. The number of amides is 1. The molecule has 0 aromatic rings. The molecule has 0 aliphatic carbocycles. The van der Waals surface area contributed by atoms with E-state index in [0.29, 0.717) is 6.42 Å². The second kappa shape index (κ2) is 33.7. The van der Waals surface area contributed by atoms with Crippen molar-refractivity contribution in [3.05, 3.63) is 36.5 Å². The third kappa shape index (κ3) is 21.5. The minimum Gasteiger partial charge on any atom is -0.394 e.